The number of hydrogen-bond acceptors (Lipinski definition) is 6. The lowest BCUT2D eigenvalue weighted by molar-refractivity contribution is -0.142. The third-order valence-electron chi connectivity index (χ3n) is 6.81. The molecule has 0 bridgehead atoms. The zero-order valence-corrected chi connectivity index (χ0v) is 20.9. The van der Waals surface area contributed by atoms with Gasteiger partial charge in [0.05, 0.1) is 17.9 Å². The van der Waals surface area contributed by atoms with Crippen molar-refractivity contribution in [3.05, 3.63) is 83.8 Å². The van der Waals surface area contributed by atoms with Crippen molar-refractivity contribution in [3.8, 4) is 0 Å². The van der Waals surface area contributed by atoms with E-state index in [4.69, 9.17) is 9.15 Å². The molecule has 3 heterocycles. The molecule has 1 fully saturated rings. The van der Waals surface area contributed by atoms with E-state index < -0.39 is 6.04 Å². The summed E-state index contributed by atoms with van der Waals surface area (Å²) in [5.41, 5.74) is 3.71. The molecule has 2 amide bonds. The number of para-hydroxylation sites is 1. The molecular weight excluding hydrogens is 470 g/mol. The number of ether oxygens (including phenoxy) is 1. The fraction of sp³-hybridized carbons (Fsp3) is 0.357. The summed E-state index contributed by atoms with van der Waals surface area (Å²) in [7, 11) is 0. The molecule has 0 saturated carbocycles. The number of amides is 2. The van der Waals surface area contributed by atoms with E-state index in [2.05, 4.69) is 15.6 Å². The van der Waals surface area contributed by atoms with Gasteiger partial charge >= 0.3 is 0 Å². The van der Waals surface area contributed by atoms with Gasteiger partial charge < -0.3 is 19.4 Å². The normalized spacial score (nSPS) is 16.1. The van der Waals surface area contributed by atoms with E-state index >= 15 is 0 Å². The molecule has 1 saturated heterocycles. The number of carbonyl (C=O) groups is 2. The number of hydrogen-bond donors (Lipinski definition) is 1. The van der Waals surface area contributed by atoms with Crippen LogP contribution in [0.15, 0.2) is 71.3 Å². The van der Waals surface area contributed by atoms with Crippen LogP contribution in [-0.4, -0.2) is 57.5 Å². The van der Waals surface area contributed by atoms with Gasteiger partial charge in [-0.1, -0.05) is 41.6 Å². The van der Waals surface area contributed by atoms with Crippen LogP contribution < -0.4 is 5.32 Å². The average molecular weight is 502 g/mol. The Morgan fingerprint density at radius 1 is 1.14 bits per heavy atom. The molecule has 1 aliphatic heterocycles. The molecule has 1 aliphatic rings. The summed E-state index contributed by atoms with van der Waals surface area (Å²) in [6, 6.07) is 18.1. The first-order valence-electron chi connectivity index (χ1n) is 12.6. The Morgan fingerprint density at radius 2 is 1.97 bits per heavy atom. The van der Waals surface area contributed by atoms with Crippen molar-refractivity contribution < 1.29 is 18.7 Å². The van der Waals surface area contributed by atoms with Crippen molar-refractivity contribution >= 4 is 22.8 Å². The summed E-state index contributed by atoms with van der Waals surface area (Å²) in [5.74, 6) is -0.142. The first kappa shape index (κ1) is 24.7. The molecule has 5 rings (SSSR count). The molecule has 0 aliphatic carbocycles. The van der Waals surface area contributed by atoms with E-state index in [9.17, 15) is 9.59 Å². The topological polar surface area (TPSA) is 102 Å². The highest BCUT2D eigenvalue weighted by molar-refractivity contribution is 5.88. The zero-order valence-electron chi connectivity index (χ0n) is 20.9. The van der Waals surface area contributed by atoms with Crippen LogP contribution in [0.25, 0.3) is 11.0 Å². The predicted octanol–water partition coefficient (Wildman–Crippen LogP) is 3.44. The van der Waals surface area contributed by atoms with Crippen molar-refractivity contribution in [3.63, 3.8) is 0 Å². The molecule has 2 atom stereocenters. The lowest BCUT2D eigenvalue weighted by Gasteiger charge is -2.30. The van der Waals surface area contributed by atoms with Crippen molar-refractivity contribution in [2.45, 2.75) is 44.9 Å². The fourth-order valence-corrected chi connectivity index (χ4v) is 4.77. The molecule has 2 aromatic heterocycles. The number of carbonyl (C=O) groups excluding carboxylic acids is 2. The smallest absolute Gasteiger partial charge is 0.250 e. The van der Waals surface area contributed by atoms with Gasteiger partial charge in [-0.15, -0.1) is 5.10 Å². The van der Waals surface area contributed by atoms with Gasteiger partial charge in [0.15, 0.2) is 6.04 Å². The molecule has 192 valence electrons. The Bertz CT molecular complexity index is 1340. The number of fused-ring (bicyclic) bond motifs is 1. The molecule has 2 unspecified atom stereocenters. The Morgan fingerprint density at radius 3 is 2.76 bits per heavy atom. The summed E-state index contributed by atoms with van der Waals surface area (Å²) < 4.78 is 12.9. The van der Waals surface area contributed by atoms with Crippen LogP contribution in [-0.2, 0) is 27.3 Å². The minimum atomic E-state index is -0.928. The second-order valence-corrected chi connectivity index (χ2v) is 9.30. The molecule has 0 radical (unpaired) electrons. The summed E-state index contributed by atoms with van der Waals surface area (Å²) >= 11 is 0. The van der Waals surface area contributed by atoms with E-state index in [0.717, 1.165) is 29.5 Å². The van der Waals surface area contributed by atoms with E-state index in [-0.39, 0.29) is 24.5 Å². The maximum atomic E-state index is 13.9. The highest BCUT2D eigenvalue weighted by atomic mass is 16.5. The van der Waals surface area contributed by atoms with E-state index in [0.29, 0.717) is 37.4 Å². The number of benzene rings is 2. The van der Waals surface area contributed by atoms with Crippen LogP contribution in [0.1, 0.15) is 35.8 Å². The second kappa shape index (κ2) is 11.4. The maximum Gasteiger partial charge on any atom is 0.250 e. The number of nitrogens with one attached hydrogen (secondary N) is 1. The minimum Gasteiger partial charge on any atom is -0.467 e. The van der Waals surface area contributed by atoms with Gasteiger partial charge in [0.1, 0.15) is 17.8 Å². The third kappa shape index (κ3) is 5.72. The Balaban J connectivity index is 1.43. The van der Waals surface area contributed by atoms with Crippen LogP contribution in [0, 0.1) is 6.92 Å². The van der Waals surface area contributed by atoms with Gasteiger partial charge in [-0.3, -0.25) is 9.59 Å². The first-order chi connectivity index (χ1) is 18.1. The molecule has 37 heavy (non-hydrogen) atoms. The molecule has 9 nitrogen and oxygen atoms in total. The Labute approximate surface area is 215 Å². The van der Waals surface area contributed by atoms with Gasteiger partial charge in [-0.05, 0) is 61.6 Å². The van der Waals surface area contributed by atoms with Crippen LogP contribution in [0.5, 0.6) is 0 Å². The van der Waals surface area contributed by atoms with Crippen molar-refractivity contribution in [2.75, 3.05) is 19.7 Å². The Hall–Kier alpha value is -3.98. The molecule has 9 heteroatoms. The summed E-state index contributed by atoms with van der Waals surface area (Å²) in [5, 5.41) is 11.3. The van der Waals surface area contributed by atoms with E-state index in [1.807, 2.05) is 55.5 Å². The zero-order chi connectivity index (χ0) is 25.6. The number of aromatic nitrogens is 3. The van der Waals surface area contributed by atoms with Gasteiger partial charge in [0.2, 0.25) is 5.91 Å². The van der Waals surface area contributed by atoms with Gasteiger partial charge in [-0.25, -0.2) is 4.68 Å². The second-order valence-electron chi connectivity index (χ2n) is 9.30. The summed E-state index contributed by atoms with van der Waals surface area (Å²) in [6.45, 7) is 3.42. The predicted molar refractivity (Wildman–Crippen MR) is 138 cm³/mol. The quantitative estimate of drug-likeness (QED) is 0.357. The molecule has 0 spiro atoms. The van der Waals surface area contributed by atoms with Crippen LogP contribution in [0.3, 0.4) is 0 Å². The van der Waals surface area contributed by atoms with Crippen molar-refractivity contribution in [2.24, 2.45) is 0 Å². The molecular formula is C28H31N5O4. The van der Waals surface area contributed by atoms with E-state index in [1.165, 1.54) is 6.26 Å². The van der Waals surface area contributed by atoms with Crippen LogP contribution in [0.2, 0.25) is 0 Å². The highest BCUT2D eigenvalue weighted by Crippen LogP contribution is 2.24. The highest BCUT2D eigenvalue weighted by Gasteiger charge is 2.34. The Kier molecular flexibility index (Phi) is 7.60. The standard InChI is InChI=1S/C28H31N5O4/c1-20-8-2-3-9-21(20)14-15-32(26(34)19-33-24-12-5-4-11-23(24)30-31-33)27(25-13-7-17-37-25)28(35)29-18-22-10-6-16-36-22/h2-5,7-9,11-13,17,22,27H,6,10,14-16,18-19H2,1H3,(H,29,35). The van der Waals surface area contributed by atoms with Gasteiger partial charge in [0.25, 0.3) is 5.91 Å². The minimum absolute atomic E-state index is 0.0150. The maximum absolute atomic E-state index is 13.9. The van der Waals surface area contributed by atoms with Gasteiger partial charge in [-0.2, -0.15) is 0 Å². The average Bonchev–Trinajstić information content (AvgIpc) is 3.69. The lowest BCUT2D eigenvalue weighted by atomic mass is 10.0. The molecule has 2 aromatic carbocycles. The number of furan rings is 1. The van der Waals surface area contributed by atoms with Crippen LogP contribution in [0.4, 0.5) is 0 Å². The monoisotopic (exact) mass is 501 g/mol. The molecule has 1 N–H and O–H groups in total. The summed E-state index contributed by atoms with van der Waals surface area (Å²) in [4.78, 5) is 29.0. The lowest BCUT2D eigenvalue weighted by Crippen LogP contribution is -2.47. The number of rotatable bonds is 10. The number of aryl methyl sites for hydroxylation is 1. The fourth-order valence-electron chi connectivity index (χ4n) is 4.77. The largest absolute Gasteiger partial charge is 0.467 e. The van der Waals surface area contributed by atoms with Crippen molar-refractivity contribution in [1.29, 1.82) is 0 Å². The molecule has 4 aromatic rings. The van der Waals surface area contributed by atoms with Gasteiger partial charge in [0, 0.05) is 19.7 Å². The van der Waals surface area contributed by atoms with Crippen molar-refractivity contribution in [1.82, 2.24) is 25.2 Å². The summed E-state index contributed by atoms with van der Waals surface area (Å²) in [6.07, 6.45) is 3.98. The first-order valence-corrected chi connectivity index (χ1v) is 12.6. The SMILES string of the molecule is Cc1ccccc1CCN(C(=O)Cn1nnc2ccccc21)C(C(=O)NCC1CCCO1)c1ccco1. The third-order valence-corrected chi connectivity index (χ3v) is 6.81. The van der Waals surface area contributed by atoms with E-state index in [1.54, 1.807) is 21.7 Å². The number of nitrogens with zero attached hydrogens (tertiary/aromatic N) is 4. The van der Waals surface area contributed by atoms with Crippen LogP contribution >= 0.6 is 0 Å².